The third-order valence-corrected chi connectivity index (χ3v) is 3.79. The van der Waals surface area contributed by atoms with E-state index in [2.05, 4.69) is 5.32 Å². The molecule has 126 valence electrons. The quantitative estimate of drug-likeness (QED) is 0.884. The molecule has 0 radical (unpaired) electrons. The number of amides is 1. The van der Waals surface area contributed by atoms with E-state index >= 15 is 0 Å². The van der Waals surface area contributed by atoms with Crippen LogP contribution < -0.4 is 5.32 Å². The average Bonchev–Trinajstić information content (AvgIpc) is 2.50. The van der Waals surface area contributed by atoms with Gasteiger partial charge in [-0.2, -0.15) is 0 Å². The number of halogens is 2. The van der Waals surface area contributed by atoms with E-state index in [1.165, 1.54) is 0 Å². The molecular formula is C18H17F2NO3. The van der Waals surface area contributed by atoms with Crippen LogP contribution in [0.1, 0.15) is 27.0 Å². The predicted molar refractivity (Wildman–Crippen MR) is 84.9 cm³/mol. The van der Waals surface area contributed by atoms with Crippen molar-refractivity contribution in [2.75, 3.05) is 0 Å². The number of aryl methyl sites for hydroxylation is 2. The summed E-state index contributed by atoms with van der Waals surface area (Å²) in [5.41, 5.74) is 2.42. The van der Waals surface area contributed by atoms with E-state index in [-0.39, 0.29) is 6.42 Å². The monoisotopic (exact) mass is 333 g/mol. The maximum atomic E-state index is 13.6. The lowest BCUT2D eigenvalue weighted by Gasteiger charge is -2.15. The number of carboxylic acids is 1. The molecule has 24 heavy (non-hydrogen) atoms. The van der Waals surface area contributed by atoms with Gasteiger partial charge in [0.05, 0.1) is 5.56 Å². The molecule has 0 fully saturated rings. The summed E-state index contributed by atoms with van der Waals surface area (Å²) in [4.78, 5) is 23.5. The SMILES string of the molecule is Cc1ccc(C[C@H](NC(=O)c2ccc(F)cc2F)C(=O)O)cc1C. The molecule has 2 aromatic carbocycles. The number of hydrogen-bond donors (Lipinski definition) is 2. The second-order valence-electron chi connectivity index (χ2n) is 5.61. The Morgan fingerprint density at radius 3 is 2.38 bits per heavy atom. The summed E-state index contributed by atoms with van der Waals surface area (Å²) < 4.78 is 26.5. The van der Waals surface area contributed by atoms with Crippen molar-refractivity contribution >= 4 is 11.9 Å². The van der Waals surface area contributed by atoms with Gasteiger partial charge in [0, 0.05) is 12.5 Å². The zero-order valence-electron chi connectivity index (χ0n) is 13.3. The molecule has 0 aromatic heterocycles. The van der Waals surface area contributed by atoms with Crippen molar-refractivity contribution < 1.29 is 23.5 Å². The van der Waals surface area contributed by atoms with Crippen LogP contribution in [0.5, 0.6) is 0 Å². The second-order valence-corrected chi connectivity index (χ2v) is 5.61. The Morgan fingerprint density at radius 2 is 1.79 bits per heavy atom. The lowest BCUT2D eigenvalue weighted by Crippen LogP contribution is -2.42. The zero-order chi connectivity index (χ0) is 17.9. The van der Waals surface area contributed by atoms with Gasteiger partial charge in [-0.05, 0) is 42.7 Å². The summed E-state index contributed by atoms with van der Waals surface area (Å²) in [6, 6.07) is 6.77. The van der Waals surface area contributed by atoms with Gasteiger partial charge in [0.2, 0.25) is 0 Å². The van der Waals surface area contributed by atoms with Gasteiger partial charge in [-0.3, -0.25) is 4.79 Å². The van der Waals surface area contributed by atoms with Crippen molar-refractivity contribution in [1.29, 1.82) is 0 Å². The van der Waals surface area contributed by atoms with Crippen LogP contribution in [0.15, 0.2) is 36.4 Å². The third kappa shape index (κ3) is 4.16. The minimum Gasteiger partial charge on any atom is -0.480 e. The Kier molecular flexibility index (Phi) is 5.28. The zero-order valence-corrected chi connectivity index (χ0v) is 13.3. The average molecular weight is 333 g/mol. The molecular weight excluding hydrogens is 316 g/mol. The maximum Gasteiger partial charge on any atom is 0.326 e. The van der Waals surface area contributed by atoms with Gasteiger partial charge in [0.25, 0.3) is 5.91 Å². The van der Waals surface area contributed by atoms with Crippen molar-refractivity contribution in [2.24, 2.45) is 0 Å². The van der Waals surface area contributed by atoms with Crippen molar-refractivity contribution in [2.45, 2.75) is 26.3 Å². The lowest BCUT2D eigenvalue weighted by atomic mass is 10.0. The molecule has 0 aliphatic heterocycles. The van der Waals surface area contributed by atoms with E-state index in [0.29, 0.717) is 6.07 Å². The molecule has 0 saturated carbocycles. The number of carbonyl (C=O) groups is 2. The largest absolute Gasteiger partial charge is 0.480 e. The third-order valence-electron chi connectivity index (χ3n) is 3.79. The van der Waals surface area contributed by atoms with E-state index in [9.17, 15) is 23.5 Å². The summed E-state index contributed by atoms with van der Waals surface area (Å²) >= 11 is 0. The van der Waals surface area contributed by atoms with Gasteiger partial charge >= 0.3 is 5.97 Å². The Morgan fingerprint density at radius 1 is 1.08 bits per heavy atom. The number of carbonyl (C=O) groups excluding carboxylic acids is 1. The molecule has 4 nitrogen and oxygen atoms in total. The highest BCUT2D eigenvalue weighted by Crippen LogP contribution is 2.13. The summed E-state index contributed by atoms with van der Waals surface area (Å²) in [6.45, 7) is 3.84. The molecule has 0 heterocycles. The first kappa shape index (κ1) is 17.6. The first-order valence-corrected chi connectivity index (χ1v) is 7.33. The predicted octanol–water partition coefficient (Wildman–Crippen LogP) is 3.01. The number of carboxylic acid groups (broad SMARTS) is 1. The van der Waals surface area contributed by atoms with E-state index in [1.54, 1.807) is 6.07 Å². The van der Waals surface area contributed by atoms with Gasteiger partial charge in [0.1, 0.15) is 17.7 Å². The molecule has 2 aromatic rings. The number of nitrogens with one attached hydrogen (secondary N) is 1. The first-order valence-electron chi connectivity index (χ1n) is 7.33. The smallest absolute Gasteiger partial charge is 0.326 e. The van der Waals surface area contributed by atoms with Gasteiger partial charge in [-0.1, -0.05) is 18.2 Å². The van der Waals surface area contributed by atoms with Crippen LogP contribution in [-0.2, 0) is 11.2 Å². The van der Waals surface area contributed by atoms with Gasteiger partial charge in [-0.25, -0.2) is 13.6 Å². The minimum absolute atomic E-state index is 0.0605. The molecule has 1 atom stereocenters. The van der Waals surface area contributed by atoms with E-state index in [1.807, 2.05) is 26.0 Å². The molecule has 0 bridgehead atoms. The van der Waals surface area contributed by atoms with Crippen molar-refractivity contribution in [1.82, 2.24) is 5.32 Å². The summed E-state index contributed by atoms with van der Waals surface area (Å²) in [5, 5.41) is 11.6. The van der Waals surface area contributed by atoms with Crippen LogP contribution in [0, 0.1) is 25.5 Å². The molecule has 0 saturated heterocycles. The molecule has 2 N–H and O–H groups in total. The summed E-state index contributed by atoms with van der Waals surface area (Å²) in [7, 11) is 0. The number of benzene rings is 2. The standard InChI is InChI=1S/C18H17F2NO3/c1-10-3-4-12(7-11(10)2)8-16(18(23)24)21-17(22)14-6-5-13(19)9-15(14)20/h3-7,9,16H,8H2,1-2H3,(H,21,22)(H,23,24)/t16-/m0/s1. The van der Waals surface area contributed by atoms with Crippen LogP contribution in [0.4, 0.5) is 8.78 Å². The van der Waals surface area contributed by atoms with E-state index in [0.717, 1.165) is 28.8 Å². The summed E-state index contributed by atoms with van der Waals surface area (Å²) in [5.74, 6) is -3.98. The fourth-order valence-corrected chi connectivity index (χ4v) is 2.28. The minimum atomic E-state index is -1.23. The highest BCUT2D eigenvalue weighted by atomic mass is 19.1. The van der Waals surface area contributed by atoms with E-state index in [4.69, 9.17) is 0 Å². The van der Waals surface area contributed by atoms with Crippen molar-refractivity contribution in [3.05, 3.63) is 70.3 Å². The van der Waals surface area contributed by atoms with Gasteiger partial charge in [-0.15, -0.1) is 0 Å². The number of rotatable bonds is 5. The van der Waals surface area contributed by atoms with Crippen LogP contribution in [0.25, 0.3) is 0 Å². The molecule has 0 aliphatic rings. The fourth-order valence-electron chi connectivity index (χ4n) is 2.28. The Balaban J connectivity index is 2.17. The highest BCUT2D eigenvalue weighted by molar-refractivity contribution is 5.96. The Labute approximate surface area is 138 Å². The lowest BCUT2D eigenvalue weighted by molar-refractivity contribution is -0.139. The topological polar surface area (TPSA) is 66.4 Å². The Hall–Kier alpha value is -2.76. The van der Waals surface area contributed by atoms with Crippen LogP contribution in [-0.4, -0.2) is 23.0 Å². The van der Waals surface area contributed by atoms with Crippen molar-refractivity contribution in [3.63, 3.8) is 0 Å². The Bertz CT molecular complexity index is 790. The van der Waals surface area contributed by atoms with Gasteiger partial charge < -0.3 is 10.4 Å². The van der Waals surface area contributed by atoms with Gasteiger partial charge in [0.15, 0.2) is 0 Å². The van der Waals surface area contributed by atoms with Crippen LogP contribution in [0.3, 0.4) is 0 Å². The molecule has 6 heteroatoms. The molecule has 0 spiro atoms. The highest BCUT2D eigenvalue weighted by Gasteiger charge is 2.23. The number of hydrogen-bond acceptors (Lipinski definition) is 2. The van der Waals surface area contributed by atoms with E-state index < -0.39 is 35.1 Å². The maximum absolute atomic E-state index is 13.6. The molecule has 0 unspecified atom stereocenters. The summed E-state index contributed by atoms with van der Waals surface area (Å²) in [6.07, 6.45) is 0.0605. The first-order chi connectivity index (χ1) is 11.3. The molecule has 0 aliphatic carbocycles. The van der Waals surface area contributed by atoms with Crippen LogP contribution in [0.2, 0.25) is 0 Å². The van der Waals surface area contributed by atoms with Crippen LogP contribution >= 0.6 is 0 Å². The number of aliphatic carboxylic acids is 1. The molecule has 2 rings (SSSR count). The van der Waals surface area contributed by atoms with Crippen molar-refractivity contribution in [3.8, 4) is 0 Å². The molecule has 1 amide bonds. The fraction of sp³-hybridized carbons (Fsp3) is 0.222. The second kappa shape index (κ2) is 7.21. The normalized spacial score (nSPS) is 11.8.